The Kier molecular flexibility index (Phi) is 5.66. The molecule has 3 rings (SSSR count). The van der Waals surface area contributed by atoms with Gasteiger partial charge in [0.1, 0.15) is 5.82 Å². The summed E-state index contributed by atoms with van der Waals surface area (Å²) < 4.78 is 14.5. The van der Waals surface area contributed by atoms with E-state index in [-0.39, 0.29) is 11.6 Å². The van der Waals surface area contributed by atoms with Crippen molar-refractivity contribution in [3.63, 3.8) is 0 Å². The third-order valence-electron chi connectivity index (χ3n) is 4.55. The predicted molar refractivity (Wildman–Crippen MR) is 103 cm³/mol. The van der Waals surface area contributed by atoms with Crippen LogP contribution < -0.4 is 4.90 Å². The van der Waals surface area contributed by atoms with Gasteiger partial charge in [0, 0.05) is 41.5 Å². The van der Waals surface area contributed by atoms with Gasteiger partial charge < -0.3 is 9.80 Å². The molecule has 3 nitrogen and oxygen atoms in total. The van der Waals surface area contributed by atoms with Crippen LogP contribution in [0.2, 0.25) is 0 Å². The maximum atomic E-state index is 14.5. The molecule has 0 atom stereocenters. The lowest BCUT2D eigenvalue weighted by atomic mass is 10.1. The minimum atomic E-state index is -0.323. The molecular formula is C20H23FN2OS. The van der Waals surface area contributed by atoms with E-state index in [4.69, 9.17) is 0 Å². The van der Waals surface area contributed by atoms with E-state index in [1.54, 1.807) is 29.5 Å². The SMILES string of the molecule is CCN1CCN(c2ccc(C(=O)/C=C/c3ccc(C)s3)cc2F)CC1. The second-order valence-electron chi connectivity index (χ2n) is 6.23. The number of carbonyl (C=O) groups is 1. The predicted octanol–water partition coefficient (Wildman–Crippen LogP) is 4.23. The van der Waals surface area contributed by atoms with E-state index in [0.29, 0.717) is 11.3 Å². The molecule has 1 saturated heterocycles. The highest BCUT2D eigenvalue weighted by Crippen LogP contribution is 2.23. The van der Waals surface area contributed by atoms with Crippen LogP contribution >= 0.6 is 11.3 Å². The van der Waals surface area contributed by atoms with Crippen molar-refractivity contribution in [2.24, 2.45) is 0 Å². The van der Waals surface area contributed by atoms with Crippen molar-refractivity contribution in [1.82, 2.24) is 4.90 Å². The van der Waals surface area contributed by atoms with Crippen molar-refractivity contribution in [2.45, 2.75) is 13.8 Å². The molecule has 1 aromatic carbocycles. The lowest BCUT2D eigenvalue weighted by Gasteiger charge is -2.35. The fourth-order valence-electron chi connectivity index (χ4n) is 3.02. The Morgan fingerprint density at radius 3 is 2.56 bits per heavy atom. The Bertz CT molecular complexity index is 776. The van der Waals surface area contributed by atoms with Crippen LogP contribution in [0.4, 0.5) is 10.1 Å². The lowest BCUT2D eigenvalue weighted by Crippen LogP contribution is -2.46. The molecule has 1 aliphatic rings. The summed E-state index contributed by atoms with van der Waals surface area (Å²) in [5.74, 6) is -0.497. The van der Waals surface area contributed by atoms with E-state index in [2.05, 4.69) is 16.7 Å². The zero-order chi connectivity index (χ0) is 17.8. The van der Waals surface area contributed by atoms with Gasteiger partial charge in [0.05, 0.1) is 5.69 Å². The molecule has 1 aliphatic heterocycles. The molecule has 132 valence electrons. The number of hydrogen-bond donors (Lipinski definition) is 0. The summed E-state index contributed by atoms with van der Waals surface area (Å²) in [7, 11) is 0. The Labute approximate surface area is 152 Å². The number of allylic oxidation sites excluding steroid dienone is 1. The van der Waals surface area contributed by atoms with Crippen LogP contribution in [0.1, 0.15) is 27.0 Å². The number of carbonyl (C=O) groups excluding carboxylic acids is 1. The highest BCUT2D eigenvalue weighted by molar-refractivity contribution is 7.12. The third-order valence-corrected chi connectivity index (χ3v) is 5.52. The van der Waals surface area contributed by atoms with Crippen molar-refractivity contribution in [3.8, 4) is 0 Å². The second kappa shape index (κ2) is 7.93. The van der Waals surface area contributed by atoms with Crippen LogP contribution in [-0.2, 0) is 0 Å². The van der Waals surface area contributed by atoms with Gasteiger partial charge in [-0.3, -0.25) is 4.79 Å². The zero-order valence-electron chi connectivity index (χ0n) is 14.7. The first-order valence-electron chi connectivity index (χ1n) is 8.62. The summed E-state index contributed by atoms with van der Waals surface area (Å²) in [5, 5.41) is 0. The van der Waals surface area contributed by atoms with Gasteiger partial charge in [-0.25, -0.2) is 4.39 Å². The number of halogens is 1. The Morgan fingerprint density at radius 2 is 1.96 bits per heavy atom. The molecule has 5 heteroatoms. The van der Waals surface area contributed by atoms with Gasteiger partial charge in [0.15, 0.2) is 5.78 Å². The number of piperazine rings is 1. The summed E-state index contributed by atoms with van der Waals surface area (Å²) in [6.07, 6.45) is 3.30. The fourth-order valence-corrected chi connectivity index (χ4v) is 3.80. The third kappa shape index (κ3) is 4.35. The van der Waals surface area contributed by atoms with Gasteiger partial charge in [-0.1, -0.05) is 6.92 Å². The van der Waals surface area contributed by atoms with E-state index < -0.39 is 0 Å². The van der Waals surface area contributed by atoms with Gasteiger partial charge in [-0.2, -0.15) is 0 Å². The molecule has 0 radical (unpaired) electrons. The van der Waals surface area contributed by atoms with Crippen LogP contribution in [0.3, 0.4) is 0 Å². The summed E-state index contributed by atoms with van der Waals surface area (Å²) in [4.78, 5) is 18.9. The maximum absolute atomic E-state index is 14.5. The smallest absolute Gasteiger partial charge is 0.185 e. The summed E-state index contributed by atoms with van der Waals surface area (Å²) in [5.41, 5.74) is 0.975. The summed E-state index contributed by atoms with van der Waals surface area (Å²) in [6.45, 7) is 8.71. The minimum Gasteiger partial charge on any atom is -0.367 e. The van der Waals surface area contributed by atoms with E-state index in [1.165, 1.54) is 17.0 Å². The average molecular weight is 358 g/mol. The molecule has 0 aliphatic carbocycles. The average Bonchev–Trinajstić information content (AvgIpc) is 3.05. The molecule has 0 amide bonds. The highest BCUT2D eigenvalue weighted by Gasteiger charge is 2.19. The quantitative estimate of drug-likeness (QED) is 0.590. The van der Waals surface area contributed by atoms with Crippen LogP contribution in [0, 0.1) is 12.7 Å². The number of thiophene rings is 1. The number of anilines is 1. The zero-order valence-corrected chi connectivity index (χ0v) is 15.5. The first-order valence-corrected chi connectivity index (χ1v) is 9.44. The molecular weight excluding hydrogens is 335 g/mol. The lowest BCUT2D eigenvalue weighted by molar-refractivity contribution is 0.104. The van der Waals surface area contributed by atoms with E-state index >= 15 is 0 Å². The Morgan fingerprint density at radius 1 is 1.20 bits per heavy atom. The molecule has 2 heterocycles. The van der Waals surface area contributed by atoms with Crippen molar-refractivity contribution >= 4 is 28.9 Å². The van der Waals surface area contributed by atoms with Gasteiger partial charge in [0.25, 0.3) is 0 Å². The van der Waals surface area contributed by atoms with Gasteiger partial charge in [-0.15, -0.1) is 11.3 Å². The normalized spacial score (nSPS) is 15.9. The monoisotopic (exact) mass is 358 g/mol. The maximum Gasteiger partial charge on any atom is 0.185 e. The topological polar surface area (TPSA) is 23.6 Å². The second-order valence-corrected chi connectivity index (χ2v) is 7.55. The molecule has 0 bridgehead atoms. The molecule has 1 fully saturated rings. The van der Waals surface area contributed by atoms with Gasteiger partial charge in [0.2, 0.25) is 0 Å². The van der Waals surface area contributed by atoms with Crippen LogP contribution in [0.25, 0.3) is 6.08 Å². The standard InChI is InChI=1S/C20H23FN2OS/c1-3-22-10-12-23(13-11-22)19-8-5-16(14-18(19)21)20(24)9-7-17-6-4-15(2)25-17/h4-9,14H,3,10-13H2,1-2H3/b9-7+. The van der Waals surface area contributed by atoms with E-state index in [9.17, 15) is 9.18 Å². The molecule has 1 aromatic heterocycles. The van der Waals surface area contributed by atoms with E-state index in [0.717, 1.165) is 37.6 Å². The number of aryl methyl sites for hydroxylation is 1. The molecule has 0 N–H and O–H groups in total. The van der Waals surface area contributed by atoms with Crippen LogP contribution in [0.5, 0.6) is 0 Å². The minimum absolute atomic E-state index is 0.174. The summed E-state index contributed by atoms with van der Waals surface area (Å²) in [6, 6.07) is 8.79. The Hall–Kier alpha value is -1.98. The van der Waals surface area contributed by atoms with Crippen molar-refractivity contribution < 1.29 is 9.18 Å². The molecule has 0 spiro atoms. The van der Waals surface area contributed by atoms with E-state index in [1.807, 2.05) is 19.1 Å². The molecule has 0 unspecified atom stereocenters. The summed E-state index contributed by atoms with van der Waals surface area (Å²) >= 11 is 1.63. The van der Waals surface area contributed by atoms with Gasteiger partial charge >= 0.3 is 0 Å². The van der Waals surface area contributed by atoms with Crippen LogP contribution in [0.15, 0.2) is 36.4 Å². The first kappa shape index (κ1) is 17.8. The van der Waals surface area contributed by atoms with Crippen molar-refractivity contribution in [1.29, 1.82) is 0 Å². The molecule has 25 heavy (non-hydrogen) atoms. The largest absolute Gasteiger partial charge is 0.367 e. The number of hydrogen-bond acceptors (Lipinski definition) is 4. The fraction of sp³-hybridized carbons (Fsp3) is 0.350. The Balaban J connectivity index is 1.69. The van der Waals surface area contributed by atoms with Crippen molar-refractivity contribution in [2.75, 3.05) is 37.6 Å². The van der Waals surface area contributed by atoms with Crippen molar-refractivity contribution in [3.05, 3.63) is 57.5 Å². The molecule has 0 saturated carbocycles. The first-order chi connectivity index (χ1) is 12.1. The van der Waals surface area contributed by atoms with Gasteiger partial charge in [-0.05, 0) is 56.0 Å². The number of ketones is 1. The number of likely N-dealkylation sites (N-methyl/N-ethyl adjacent to an activating group) is 1. The number of benzene rings is 1. The number of nitrogens with zero attached hydrogens (tertiary/aromatic N) is 2. The van der Waals surface area contributed by atoms with Crippen LogP contribution in [-0.4, -0.2) is 43.4 Å². The highest BCUT2D eigenvalue weighted by atomic mass is 32.1. The molecule has 2 aromatic rings. The number of rotatable bonds is 5.